The van der Waals surface area contributed by atoms with Crippen molar-refractivity contribution in [1.82, 2.24) is 0 Å². The van der Waals surface area contributed by atoms with Gasteiger partial charge in [-0.3, -0.25) is 0 Å². The molecule has 0 aliphatic carbocycles. The van der Waals surface area contributed by atoms with Crippen molar-refractivity contribution in [2.24, 2.45) is 5.41 Å². The predicted molar refractivity (Wildman–Crippen MR) is 129 cm³/mol. The molecule has 2 aromatic rings. The molecule has 1 aliphatic heterocycles. The van der Waals surface area contributed by atoms with Crippen molar-refractivity contribution < 1.29 is 17.9 Å². The van der Waals surface area contributed by atoms with Gasteiger partial charge < -0.3 is 10.0 Å². The molecule has 1 aliphatic rings. The third-order valence-corrected chi connectivity index (χ3v) is 8.88. The number of fused-ring (bicyclic) bond motifs is 1. The quantitative estimate of drug-likeness (QED) is 0.561. The van der Waals surface area contributed by atoms with E-state index in [1.54, 1.807) is 12.1 Å². The summed E-state index contributed by atoms with van der Waals surface area (Å²) in [6.07, 6.45) is 3.96. The van der Waals surface area contributed by atoms with Crippen LogP contribution in [0.1, 0.15) is 69.4 Å². The molecule has 0 fully saturated rings. The molecule has 2 atom stereocenters. The molecule has 176 valence electrons. The number of hydrogen-bond acceptors (Lipinski definition) is 4. The first-order valence-electron chi connectivity index (χ1n) is 11.6. The van der Waals surface area contributed by atoms with Gasteiger partial charge in [-0.25, -0.2) is 12.8 Å². The van der Waals surface area contributed by atoms with Crippen molar-refractivity contribution in [3.05, 3.63) is 59.4 Å². The summed E-state index contributed by atoms with van der Waals surface area (Å²) in [5.41, 5.74) is 1.21. The normalized spacial score (nSPS) is 21.6. The first-order chi connectivity index (χ1) is 15.2. The number of anilines is 1. The van der Waals surface area contributed by atoms with Crippen LogP contribution in [0, 0.1) is 11.2 Å². The highest BCUT2D eigenvalue weighted by atomic mass is 32.2. The number of halogens is 1. The third kappa shape index (κ3) is 4.72. The fourth-order valence-corrected chi connectivity index (χ4v) is 7.68. The molecule has 1 N–H and O–H groups in total. The van der Waals surface area contributed by atoms with Gasteiger partial charge in [0.25, 0.3) is 0 Å². The smallest absolute Gasteiger partial charge is 0.181 e. The topological polar surface area (TPSA) is 57.6 Å². The maximum Gasteiger partial charge on any atom is 0.181 e. The number of sulfone groups is 1. The molecule has 0 bridgehead atoms. The summed E-state index contributed by atoms with van der Waals surface area (Å²) in [4.78, 5) is 2.11. The van der Waals surface area contributed by atoms with Crippen LogP contribution in [0.2, 0.25) is 0 Å². The van der Waals surface area contributed by atoms with Crippen molar-refractivity contribution in [1.29, 1.82) is 0 Å². The summed E-state index contributed by atoms with van der Waals surface area (Å²) >= 11 is 0. The van der Waals surface area contributed by atoms with Crippen LogP contribution in [0.5, 0.6) is 0 Å². The Hall–Kier alpha value is -1.92. The molecule has 0 unspecified atom stereocenters. The monoisotopic (exact) mass is 461 g/mol. The standard InChI is InChI=1S/C26H36FNO3S/c1-5-7-16-26(17-8-6-2)18-32(30,31)24-21(10-9-11-22(24)28(3)4)23(25(26)29)19-12-14-20(27)15-13-19/h9-15,23,25,29H,5-8,16-18H2,1-4H3/t23-,25-/m1/s1. The lowest BCUT2D eigenvalue weighted by Crippen LogP contribution is -2.43. The molecular formula is C26H36FNO3S. The Labute approximate surface area is 192 Å². The predicted octanol–water partition coefficient (Wildman–Crippen LogP) is 5.54. The minimum absolute atomic E-state index is 0.0727. The molecule has 0 saturated carbocycles. The van der Waals surface area contributed by atoms with Crippen molar-refractivity contribution >= 4 is 15.5 Å². The summed E-state index contributed by atoms with van der Waals surface area (Å²) in [5.74, 6) is -0.969. The number of unbranched alkanes of at least 4 members (excludes halogenated alkanes) is 2. The largest absolute Gasteiger partial charge is 0.392 e. The zero-order chi connectivity index (χ0) is 23.5. The average molecular weight is 462 g/mol. The summed E-state index contributed by atoms with van der Waals surface area (Å²) in [7, 11) is -0.0122. The van der Waals surface area contributed by atoms with E-state index in [1.807, 2.05) is 37.2 Å². The number of rotatable bonds is 8. The molecule has 0 amide bonds. The van der Waals surface area contributed by atoms with Gasteiger partial charge in [0.2, 0.25) is 0 Å². The summed E-state index contributed by atoms with van der Waals surface area (Å²) in [6, 6.07) is 11.6. The van der Waals surface area contributed by atoms with E-state index in [0.29, 0.717) is 29.0 Å². The lowest BCUT2D eigenvalue weighted by Gasteiger charge is -2.40. The van der Waals surface area contributed by atoms with Crippen LogP contribution in [0.4, 0.5) is 10.1 Å². The summed E-state index contributed by atoms with van der Waals surface area (Å²) < 4.78 is 41.6. The molecule has 4 nitrogen and oxygen atoms in total. The van der Waals surface area contributed by atoms with Gasteiger partial charge in [0, 0.05) is 25.4 Å². The van der Waals surface area contributed by atoms with E-state index in [4.69, 9.17) is 0 Å². The minimum Gasteiger partial charge on any atom is -0.392 e. The lowest BCUT2D eigenvalue weighted by molar-refractivity contribution is 0.0127. The highest BCUT2D eigenvalue weighted by Gasteiger charge is 2.50. The Morgan fingerprint density at radius 2 is 1.62 bits per heavy atom. The highest BCUT2D eigenvalue weighted by molar-refractivity contribution is 7.91. The SMILES string of the molecule is CCCCC1(CCCC)CS(=O)(=O)c2c(cccc2N(C)C)[C@@H](c2ccc(F)cc2)[C@H]1O. The van der Waals surface area contributed by atoms with Crippen molar-refractivity contribution in [3.63, 3.8) is 0 Å². The van der Waals surface area contributed by atoms with E-state index < -0.39 is 27.3 Å². The molecule has 0 aromatic heterocycles. The third-order valence-electron chi connectivity index (χ3n) is 6.86. The van der Waals surface area contributed by atoms with E-state index in [1.165, 1.54) is 12.1 Å². The second kappa shape index (κ2) is 9.92. The van der Waals surface area contributed by atoms with Gasteiger partial charge in [-0.05, 0) is 42.2 Å². The van der Waals surface area contributed by atoms with Gasteiger partial charge in [0.1, 0.15) is 5.82 Å². The average Bonchev–Trinajstić information content (AvgIpc) is 2.83. The van der Waals surface area contributed by atoms with Crippen LogP contribution in [-0.4, -0.2) is 39.5 Å². The molecule has 0 spiro atoms. The van der Waals surface area contributed by atoms with Gasteiger partial charge in [0.15, 0.2) is 9.84 Å². The van der Waals surface area contributed by atoms with Gasteiger partial charge in [-0.2, -0.15) is 0 Å². The fourth-order valence-electron chi connectivity index (χ4n) is 5.19. The number of hydrogen-bond donors (Lipinski definition) is 1. The lowest BCUT2D eigenvalue weighted by atomic mass is 9.68. The molecule has 0 saturated heterocycles. The first-order valence-corrected chi connectivity index (χ1v) is 13.3. The Bertz CT molecular complexity index is 1010. The van der Waals surface area contributed by atoms with Gasteiger partial charge in [0.05, 0.1) is 22.4 Å². The Balaban J connectivity index is 2.33. The van der Waals surface area contributed by atoms with Crippen LogP contribution in [-0.2, 0) is 9.84 Å². The van der Waals surface area contributed by atoms with E-state index in [9.17, 15) is 17.9 Å². The van der Waals surface area contributed by atoms with Crippen LogP contribution in [0.3, 0.4) is 0 Å². The Kier molecular flexibility index (Phi) is 7.66. The Morgan fingerprint density at radius 3 is 2.16 bits per heavy atom. The van der Waals surface area contributed by atoms with Crippen molar-refractivity contribution in [2.45, 2.75) is 69.3 Å². The van der Waals surface area contributed by atoms with E-state index in [0.717, 1.165) is 31.2 Å². The second-order valence-corrected chi connectivity index (χ2v) is 11.3. The number of aliphatic hydroxyl groups excluding tert-OH is 1. The van der Waals surface area contributed by atoms with Crippen molar-refractivity contribution in [3.8, 4) is 0 Å². The maximum atomic E-state index is 13.9. The number of aliphatic hydroxyl groups is 1. The number of nitrogens with zero attached hydrogens (tertiary/aromatic N) is 1. The zero-order valence-corrected chi connectivity index (χ0v) is 20.5. The highest BCUT2D eigenvalue weighted by Crippen LogP contribution is 2.51. The van der Waals surface area contributed by atoms with Gasteiger partial charge in [-0.1, -0.05) is 63.8 Å². The van der Waals surface area contributed by atoms with E-state index in [-0.39, 0.29) is 11.6 Å². The molecule has 32 heavy (non-hydrogen) atoms. The van der Waals surface area contributed by atoms with Crippen LogP contribution < -0.4 is 4.90 Å². The second-order valence-electron chi connectivity index (χ2n) is 9.39. The molecule has 6 heteroatoms. The van der Waals surface area contributed by atoms with Gasteiger partial charge in [-0.15, -0.1) is 0 Å². The molecule has 3 rings (SSSR count). The van der Waals surface area contributed by atoms with Gasteiger partial charge >= 0.3 is 0 Å². The van der Waals surface area contributed by atoms with E-state index in [2.05, 4.69) is 13.8 Å². The Morgan fingerprint density at radius 1 is 1.03 bits per heavy atom. The van der Waals surface area contributed by atoms with Crippen molar-refractivity contribution in [2.75, 3.05) is 24.7 Å². The molecule has 0 radical (unpaired) electrons. The molecule has 2 aromatic carbocycles. The van der Waals surface area contributed by atoms with E-state index >= 15 is 0 Å². The fraction of sp³-hybridized carbons (Fsp3) is 0.538. The maximum absolute atomic E-state index is 13.9. The summed E-state index contributed by atoms with van der Waals surface area (Å²) in [6.45, 7) is 4.17. The molecule has 1 heterocycles. The van der Waals surface area contributed by atoms with Crippen LogP contribution in [0.15, 0.2) is 47.4 Å². The zero-order valence-electron chi connectivity index (χ0n) is 19.6. The first kappa shape index (κ1) is 24.7. The molecular weight excluding hydrogens is 425 g/mol. The summed E-state index contributed by atoms with van der Waals surface area (Å²) in [5, 5.41) is 12.0. The minimum atomic E-state index is -3.68. The van der Waals surface area contributed by atoms with Crippen LogP contribution >= 0.6 is 0 Å². The number of benzene rings is 2. The van der Waals surface area contributed by atoms with Crippen LogP contribution in [0.25, 0.3) is 0 Å².